The van der Waals surface area contributed by atoms with Gasteiger partial charge in [-0.15, -0.1) is 0 Å². The van der Waals surface area contributed by atoms with Crippen LogP contribution in [0.2, 0.25) is 0 Å². The molecule has 0 unspecified atom stereocenters. The molecule has 0 atom stereocenters. The third-order valence-corrected chi connectivity index (χ3v) is 3.74. The molecule has 6 nitrogen and oxygen atoms in total. The van der Waals surface area contributed by atoms with E-state index >= 15 is 0 Å². The number of nitrogens with zero attached hydrogens (tertiary/aromatic N) is 1. The number of amides is 1. The predicted molar refractivity (Wildman–Crippen MR) is 92.6 cm³/mol. The molecule has 1 aromatic heterocycles. The Morgan fingerprint density at radius 1 is 1.12 bits per heavy atom. The summed E-state index contributed by atoms with van der Waals surface area (Å²) in [6.45, 7) is 0.159. The quantitative estimate of drug-likeness (QED) is 0.732. The van der Waals surface area contributed by atoms with Gasteiger partial charge < -0.3 is 19.3 Å². The molecule has 1 N–H and O–H groups in total. The van der Waals surface area contributed by atoms with Crippen LogP contribution in [0, 0.1) is 5.82 Å². The van der Waals surface area contributed by atoms with Gasteiger partial charge in [-0.1, -0.05) is 11.2 Å². The molecule has 0 saturated heterocycles. The first-order valence-corrected chi connectivity index (χ1v) is 7.82. The van der Waals surface area contributed by atoms with Gasteiger partial charge in [-0.05, 0) is 36.4 Å². The summed E-state index contributed by atoms with van der Waals surface area (Å²) in [6.07, 6.45) is 0. The number of carbonyl (C=O) groups excluding carboxylic acids is 1. The van der Waals surface area contributed by atoms with Crippen LogP contribution in [-0.2, 0) is 6.54 Å². The molecule has 0 aliphatic rings. The highest BCUT2D eigenvalue weighted by Gasteiger charge is 2.12. The Bertz CT molecular complexity index is 923. The minimum absolute atomic E-state index is 0.159. The van der Waals surface area contributed by atoms with Crippen LogP contribution in [0.3, 0.4) is 0 Å². The van der Waals surface area contributed by atoms with Crippen molar-refractivity contribution in [3.8, 4) is 22.8 Å². The first kappa shape index (κ1) is 17.5. The molecule has 3 rings (SSSR count). The highest BCUT2D eigenvalue weighted by Crippen LogP contribution is 2.32. The maximum atomic E-state index is 13.2. The van der Waals surface area contributed by atoms with Gasteiger partial charge in [-0.3, -0.25) is 4.79 Å². The van der Waals surface area contributed by atoms with Gasteiger partial charge in [0.05, 0.1) is 20.8 Å². The molecule has 7 heteroatoms. The van der Waals surface area contributed by atoms with E-state index in [9.17, 15) is 9.18 Å². The fraction of sp³-hybridized carbons (Fsp3) is 0.158. The summed E-state index contributed by atoms with van der Waals surface area (Å²) >= 11 is 0. The molecule has 0 spiro atoms. The Labute approximate surface area is 149 Å². The van der Waals surface area contributed by atoms with Crippen molar-refractivity contribution >= 4 is 5.91 Å². The van der Waals surface area contributed by atoms with Crippen LogP contribution in [0.1, 0.15) is 16.1 Å². The number of hydrogen-bond acceptors (Lipinski definition) is 5. The molecular weight excluding hydrogens is 339 g/mol. The van der Waals surface area contributed by atoms with Crippen LogP contribution < -0.4 is 14.8 Å². The molecule has 0 saturated carbocycles. The molecule has 1 amide bonds. The summed E-state index contributed by atoms with van der Waals surface area (Å²) in [6, 6.07) is 12.5. The van der Waals surface area contributed by atoms with Gasteiger partial charge in [0, 0.05) is 17.2 Å². The maximum absolute atomic E-state index is 13.2. The van der Waals surface area contributed by atoms with Crippen LogP contribution in [0.4, 0.5) is 4.39 Å². The lowest BCUT2D eigenvalue weighted by molar-refractivity contribution is 0.0949. The van der Waals surface area contributed by atoms with E-state index in [1.165, 1.54) is 24.3 Å². The third kappa shape index (κ3) is 3.83. The van der Waals surface area contributed by atoms with E-state index in [4.69, 9.17) is 14.0 Å². The lowest BCUT2D eigenvalue weighted by Crippen LogP contribution is -2.22. The number of aromatic nitrogens is 1. The SMILES string of the molecule is COc1ccc(-c2cc(CNC(=O)c3cccc(F)c3)no2)cc1OC. The monoisotopic (exact) mass is 356 g/mol. The predicted octanol–water partition coefficient (Wildman–Crippen LogP) is 3.43. The zero-order chi connectivity index (χ0) is 18.5. The molecule has 0 aliphatic carbocycles. The molecule has 2 aromatic carbocycles. The molecule has 1 heterocycles. The normalized spacial score (nSPS) is 10.4. The van der Waals surface area contributed by atoms with Crippen molar-refractivity contribution in [2.75, 3.05) is 14.2 Å². The lowest BCUT2D eigenvalue weighted by Gasteiger charge is -2.07. The van der Waals surface area contributed by atoms with E-state index < -0.39 is 5.82 Å². The molecule has 26 heavy (non-hydrogen) atoms. The molecule has 0 bridgehead atoms. The number of carbonyl (C=O) groups is 1. The van der Waals surface area contributed by atoms with Crippen LogP contribution in [0.5, 0.6) is 11.5 Å². The van der Waals surface area contributed by atoms with E-state index in [0.717, 1.165) is 5.56 Å². The zero-order valence-corrected chi connectivity index (χ0v) is 14.3. The Hall–Kier alpha value is -3.35. The van der Waals surface area contributed by atoms with Crippen LogP contribution in [0.15, 0.2) is 53.1 Å². The fourth-order valence-electron chi connectivity index (χ4n) is 2.42. The van der Waals surface area contributed by atoms with Crippen molar-refractivity contribution in [2.45, 2.75) is 6.54 Å². The summed E-state index contributed by atoms with van der Waals surface area (Å²) in [4.78, 5) is 12.0. The Morgan fingerprint density at radius 3 is 2.65 bits per heavy atom. The van der Waals surface area contributed by atoms with Crippen LogP contribution in [0.25, 0.3) is 11.3 Å². The summed E-state index contributed by atoms with van der Waals surface area (Å²) in [5, 5.41) is 6.61. The second-order valence-corrected chi connectivity index (χ2v) is 5.45. The van der Waals surface area contributed by atoms with Crippen LogP contribution in [-0.4, -0.2) is 25.3 Å². The summed E-state index contributed by atoms with van der Waals surface area (Å²) in [7, 11) is 3.11. The smallest absolute Gasteiger partial charge is 0.251 e. The lowest BCUT2D eigenvalue weighted by atomic mass is 10.1. The second-order valence-electron chi connectivity index (χ2n) is 5.45. The topological polar surface area (TPSA) is 73.6 Å². The van der Waals surface area contributed by atoms with Gasteiger partial charge in [0.25, 0.3) is 5.91 Å². The van der Waals surface area contributed by atoms with E-state index in [2.05, 4.69) is 10.5 Å². The Morgan fingerprint density at radius 2 is 1.92 bits per heavy atom. The van der Waals surface area contributed by atoms with Gasteiger partial charge in [0.1, 0.15) is 11.5 Å². The van der Waals surface area contributed by atoms with E-state index in [0.29, 0.717) is 23.0 Å². The highest BCUT2D eigenvalue weighted by atomic mass is 19.1. The number of rotatable bonds is 6. The largest absolute Gasteiger partial charge is 0.493 e. The van der Waals surface area contributed by atoms with Crippen molar-refractivity contribution in [1.29, 1.82) is 0 Å². The number of methoxy groups -OCH3 is 2. The van der Waals surface area contributed by atoms with E-state index in [1.807, 2.05) is 6.07 Å². The minimum atomic E-state index is -0.463. The maximum Gasteiger partial charge on any atom is 0.251 e. The number of benzene rings is 2. The minimum Gasteiger partial charge on any atom is -0.493 e. The summed E-state index contributed by atoms with van der Waals surface area (Å²) < 4.78 is 29.0. The Balaban J connectivity index is 1.69. The second kappa shape index (κ2) is 7.69. The van der Waals surface area contributed by atoms with Crippen molar-refractivity contribution in [1.82, 2.24) is 10.5 Å². The summed E-state index contributed by atoms with van der Waals surface area (Å²) in [5.41, 5.74) is 1.55. The van der Waals surface area contributed by atoms with Gasteiger partial charge in [0.2, 0.25) is 0 Å². The first-order chi connectivity index (χ1) is 12.6. The van der Waals surface area contributed by atoms with Crippen molar-refractivity contribution < 1.29 is 23.2 Å². The van der Waals surface area contributed by atoms with Crippen molar-refractivity contribution in [3.63, 3.8) is 0 Å². The number of nitrogens with one attached hydrogen (secondary N) is 1. The fourth-order valence-corrected chi connectivity index (χ4v) is 2.42. The molecule has 0 fully saturated rings. The highest BCUT2D eigenvalue weighted by molar-refractivity contribution is 5.94. The third-order valence-electron chi connectivity index (χ3n) is 3.74. The average Bonchev–Trinajstić information content (AvgIpc) is 3.14. The number of ether oxygens (including phenoxy) is 2. The van der Waals surface area contributed by atoms with Gasteiger partial charge >= 0.3 is 0 Å². The average molecular weight is 356 g/mol. The van der Waals surface area contributed by atoms with E-state index in [-0.39, 0.29) is 18.0 Å². The van der Waals surface area contributed by atoms with Gasteiger partial charge in [-0.25, -0.2) is 4.39 Å². The molecule has 0 radical (unpaired) electrons. The molecular formula is C19H17FN2O4. The number of halogens is 1. The zero-order valence-electron chi connectivity index (χ0n) is 14.3. The Kier molecular flexibility index (Phi) is 5.17. The molecule has 134 valence electrons. The van der Waals surface area contributed by atoms with Gasteiger partial charge in [0.15, 0.2) is 17.3 Å². The standard InChI is InChI=1S/C19H17FN2O4/c1-24-16-7-6-12(9-18(16)25-2)17-10-15(22-26-17)11-21-19(23)13-4-3-5-14(20)8-13/h3-10H,11H2,1-2H3,(H,21,23). The van der Waals surface area contributed by atoms with E-state index in [1.54, 1.807) is 32.4 Å². The first-order valence-electron chi connectivity index (χ1n) is 7.82. The van der Waals surface area contributed by atoms with Gasteiger partial charge in [-0.2, -0.15) is 0 Å². The van der Waals surface area contributed by atoms with Crippen LogP contribution >= 0.6 is 0 Å². The summed E-state index contributed by atoms with van der Waals surface area (Å²) in [5.74, 6) is 0.858. The molecule has 0 aliphatic heterocycles. The van der Waals surface area contributed by atoms with Crippen molar-refractivity contribution in [3.05, 3.63) is 65.6 Å². The van der Waals surface area contributed by atoms with Crippen molar-refractivity contribution in [2.24, 2.45) is 0 Å². The number of hydrogen-bond donors (Lipinski definition) is 1. The molecule has 3 aromatic rings.